The number of nitro groups is 1. The number of hydrogen-bond acceptors (Lipinski definition) is 4. The molecule has 122 valence electrons. The van der Waals surface area contributed by atoms with Crippen molar-refractivity contribution in [1.82, 2.24) is 9.55 Å². The van der Waals surface area contributed by atoms with Crippen LogP contribution in [-0.2, 0) is 7.05 Å². The minimum Gasteiger partial charge on any atom is -0.370 e. The molecule has 0 fully saturated rings. The van der Waals surface area contributed by atoms with Crippen molar-refractivity contribution in [3.63, 3.8) is 0 Å². The number of anilines is 1. The van der Waals surface area contributed by atoms with Crippen molar-refractivity contribution in [2.45, 2.75) is 6.04 Å². The van der Waals surface area contributed by atoms with Gasteiger partial charge in [-0.15, -0.1) is 0 Å². The second-order valence-electron chi connectivity index (χ2n) is 5.31. The van der Waals surface area contributed by atoms with Crippen LogP contribution in [0.5, 0.6) is 0 Å². The lowest BCUT2D eigenvalue weighted by Gasteiger charge is -2.21. The summed E-state index contributed by atoms with van der Waals surface area (Å²) in [7, 11) is 1.91. The van der Waals surface area contributed by atoms with E-state index in [0.29, 0.717) is 10.7 Å². The molecule has 0 unspecified atom stereocenters. The fourth-order valence-corrected chi connectivity index (χ4v) is 2.72. The first kappa shape index (κ1) is 16.0. The number of hydrogen-bond donors (Lipinski definition) is 1. The van der Waals surface area contributed by atoms with E-state index in [0.717, 1.165) is 11.4 Å². The molecule has 0 aliphatic heterocycles. The van der Waals surface area contributed by atoms with Crippen LogP contribution in [0, 0.1) is 10.1 Å². The highest BCUT2D eigenvalue weighted by Crippen LogP contribution is 2.32. The Bertz CT molecular complexity index is 864. The Balaban J connectivity index is 1.99. The number of nitrogens with zero attached hydrogens (tertiary/aromatic N) is 3. The van der Waals surface area contributed by atoms with Crippen LogP contribution in [0.3, 0.4) is 0 Å². The third-order valence-corrected chi connectivity index (χ3v) is 4.03. The van der Waals surface area contributed by atoms with E-state index in [9.17, 15) is 10.1 Å². The van der Waals surface area contributed by atoms with E-state index in [1.807, 2.05) is 48.1 Å². The van der Waals surface area contributed by atoms with Gasteiger partial charge >= 0.3 is 0 Å². The highest BCUT2D eigenvalue weighted by atomic mass is 35.5. The Kier molecular flexibility index (Phi) is 4.48. The highest BCUT2D eigenvalue weighted by Gasteiger charge is 2.20. The van der Waals surface area contributed by atoms with Crippen LogP contribution < -0.4 is 5.32 Å². The molecule has 0 saturated heterocycles. The Morgan fingerprint density at radius 1 is 1.25 bits per heavy atom. The zero-order chi connectivity index (χ0) is 17.1. The number of nitro benzene ring substituents is 1. The van der Waals surface area contributed by atoms with Gasteiger partial charge in [0.15, 0.2) is 0 Å². The van der Waals surface area contributed by atoms with Gasteiger partial charge in [0.25, 0.3) is 5.69 Å². The number of halogens is 1. The molecule has 0 saturated carbocycles. The van der Waals surface area contributed by atoms with Gasteiger partial charge in [-0.1, -0.05) is 41.9 Å². The van der Waals surface area contributed by atoms with Gasteiger partial charge in [0.1, 0.15) is 11.9 Å². The maximum Gasteiger partial charge on any atom is 0.271 e. The van der Waals surface area contributed by atoms with Gasteiger partial charge in [-0.2, -0.15) is 0 Å². The summed E-state index contributed by atoms with van der Waals surface area (Å²) in [5.74, 6) is 0.815. The monoisotopic (exact) mass is 342 g/mol. The van der Waals surface area contributed by atoms with Crippen LogP contribution >= 0.6 is 11.6 Å². The number of aryl methyl sites for hydroxylation is 1. The largest absolute Gasteiger partial charge is 0.370 e. The third kappa shape index (κ3) is 3.23. The quantitative estimate of drug-likeness (QED) is 0.557. The zero-order valence-corrected chi connectivity index (χ0v) is 13.6. The molecule has 1 atom stereocenters. The summed E-state index contributed by atoms with van der Waals surface area (Å²) < 4.78 is 1.92. The minimum absolute atomic E-state index is 0.0428. The van der Waals surface area contributed by atoms with E-state index in [1.165, 1.54) is 12.1 Å². The lowest BCUT2D eigenvalue weighted by atomic mass is 10.1. The molecule has 24 heavy (non-hydrogen) atoms. The first-order valence-electron chi connectivity index (χ1n) is 7.29. The molecular formula is C17H15ClN4O2. The summed E-state index contributed by atoms with van der Waals surface area (Å²) in [5, 5.41) is 14.5. The lowest BCUT2D eigenvalue weighted by Crippen LogP contribution is -2.17. The number of benzene rings is 2. The summed E-state index contributed by atoms with van der Waals surface area (Å²) in [6.07, 6.45) is 3.59. The van der Waals surface area contributed by atoms with Gasteiger partial charge in [-0.3, -0.25) is 10.1 Å². The van der Waals surface area contributed by atoms with Crippen LogP contribution in [0.4, 0.5) is 11.4 Å². The standard InChI is InChI=1S/C17H15ClN4O2/c1-21-10-9-19-17(21)16(12-5-3-2-4-6-12)20-15-8-7-13(22(23)24)11-14(15)18/h2-11,16,20H,1H3/t16-/m0/s1. The molecule has 0 spiro atoms. The van der Waals surface area contributed by atoms with E-state index < -0.39 is 4.92 Å². The van der Waals surface area contributed by atoms with Crippen molar-refractivity contribution in [3.8, 4) is 0 Å². The fraction of sp³-hybridized carbons (Fsp3) is 0.118. The van der Waals surface area contributed by atoms with E-state index in [1.54, 1.807) is 12.3 Å². The summed E-state index contributed by atoms with van der Waals surface area (Å²) >= 11 is 6.21. The van der Waals surface area contributed by atoms with E-state index in [4.69, 9.17) is 11.6 Å². The fourth-order valence-electron chi connectivity index (χ4n) is 2.49. The smallest absolute Gasteiger partial charge is 0.271 e. The van der Waals surface area contributed by atoms with Gasteiger partial charge in [-0.05, 0) is 11.6 Å². The molecule has 3 rings (SSSR count). The average Bonchev–Trinajstić information content (AvgIpc) is 3.00. The summed E-state index contributed by atoms with van der Waals surface area (Å²) in [4.78, 5) is 14.8. The molecule has 0 amide bonds. The molecule has 0 radical (unpaired) electrons. The van der Waals surface area contributed by atoms with Crippen LogP contribution in [0.2, 0.25) is 5.02 Å². The zero-order valence-electron chi connectivity index (χ0n) is 12.9. The van der Waals surface area contributed by atoms with Crippen LogP contribution in [0.25, 0.3) is 0 Å². The Morgan fingerprint density at radius 2 is 2.00 bits per heavy atom. The number of rotatable bonds is 5. The first-order valence-corrected chi connectivity index (χ1v) is 7.66. The number of aromatic nitrogens is 2. The highest BCUT2D eigenvalue weighted by molar-refractivity contribution is 6.33. The minimum atomic E-state index is -0.469. The summed E-state index contributed by atoms with van der Waals surface area (Å²) in [6.45, 7) is 0. The molecule has 0 aliphatic rings. The normalized spacial score (nSPS) is 11.9. The first-order chi connectivity index (χ1) is 11.6. The lowest BCUT2D eigenvalue weighted by molar-refractivity contribution is -0.384. The molecule has 1 N–H and O–H groups in total. The Labute approximate surface area is 143 Å². The molecule has 6 nitrogen and oxygen atoms in total. The second kappa shape index (κ2) is 6.72. The van der Waals surface area contributed by atoms with E-state index in [-0.39, 0.29) is 11.7 Å². The maximum absolute atomic E-state index is 10.9. The maximum atomic E-state index is 10.9. The third-order valence-electron chi connectivity index (χ3n) is 3.71. The van der Waals surface area contributed by atoms with Crippen molar-refractivity contribution >= 4 is 23.0 Å². The van der Waals surface area contributed by atoms with E-state index >= 15 is 0 Å². The predicted molar refractivity (Wildman–Crippen MR) is 93.2 cm³/mol. The topological polar surface area (TPSA) is 73.0 Å². The second-order valence-corrected chi connectivity index (χ2v) is 5.71. The van der Waals surface area contributed by atoms with Crippen LogP contribution in [-0.4, -0.2) is 14.5 Å². The van der Waals surface area contributed by atoms with Gasteiger partial charge in [0.05, 0.1) is 15.6 Å². The van der Waals surface area contributed by atoms with Crippen molar-refractivity contribution in [2.24, 2.45) is 7.05 Å². The van der Waals surface area contributed by atoms with Crippen LogP contribution in [0.1, 0.15) is 17.4 Å². The van der Waals surface area contributed by atoms with Gasteiger partial charge in [0.2, 0.25) is 0 Å². The SMILES string of the molecule is Cn1ccnc1[C@@H](Nc1ccc([N+](=O)[O-])cc1Cl)c1ccccc1. The molecule has 2 aromatic carbocycles. The van der Waals surface area contributed by atoms with Gasteiger partial charge < -0.3 is 9.88 Å². The molecule has 1 aromatic heterocycles. The van der Waals surface area contributed by atoms with Gasteiger partial charge in [0, 0.05) is 31.6 Å². The summed E-state index contributed by atoms with van der Waals surface area (Å²) in [5.41, 5.74) is 1.58. The summed E-state index contributed by atoms with van der Waals surface area (Å²) in [6, 6.07) is 14.0. The van der Waals surface area contributed by atoms with Crippen LogP contribution in [0.15, 0.2) is 60.9 Å². The molecular weight excluding hydrogens is 328 g/mol. The Hall–Kier alpha value is -2.86. The molecule has 1 heterocycles. The Morgan fingerprint density at radius 3 is 2.58 bits per heavy atom. The number of non-ortho nitro benzene ring substituents is 1. The molecule has 3 aromatic rings. The number of nitrogens with one attached hydrogen (secondary N) is 1. The molecule has 7 heteroatoms. The van der Waals surface area contributed by atoms with Crippen molar-refractivity contribution < 1.29 is 4.92 Å². The van der Waals surface area contributed by atoms with Crippen molar-refractivity contribution in [3.05, 3.63) is 87.4 Å². The molecule has 0 aliphatic carbocycles. The molecule has 0 bridgehead atoms. The number of imidazole rings is 1. The average molecular weight is 343 g/mol. The van der Waals surface area contributed by atoms with E-state index in [2.05, 4.69) is 10.3 Å². The van der Waals surface area contributed by atoms with Crippen molar-refractivity contribution in [2.75, 3.05) is 5.32 Å². The van der Waals surface area contributed by atoms with Crippen molar-refractivity contribution in [1.29, 1.82) is 0 Å². The predicted octanol–water partition coefficient (Wildman–Crippen LogP) is 4.18. The van der Waals surface area contributed by atoms with Gasteiger partial charge in [-0.25, -0.2) is 4.98 Å².